The smallest absolute Gasteiger partial charge is 0.325 e. The van der Waals surface area contributed by atoms with Crippen molar-refractivity contribution in [3.63, 3.8) is 0 Å². The van der Waals surface area contributed by atoms with Gasteiger partial charge in [-0.15, -0.1) is 0 Å². The molecule has 1 aliphatic heterocycles. The average molecular weight is 496 g/mol. The number of urea groups is 1. The van der Waals surface area contributed by atoms with Gasteiger partial charge < -0.3 is 10.2 Å². The first-order chi connectivity index (χ1) is 15.3. The van der Waals surface area contributed by atoms with Crippen LogP contribution in [0.3, 0.4) is 0 Å². The topological polar surface area (TPSA) is 87.5 Å². The van der Waals surface area contributed by atoms with E-state index >= 15 is 0 Å². The fourth-order valence-electron chi connectivity index (χ4n) is 3.62. The first-order valence-corrected chi connectivity index (χ1v) is 10.8. The summed E-state index contributed by atoms with van der Waals surface area (Å²) in [5.41, 5.74) is 1.16. The highest BCUT2D eigenvalue weighted by molar-refractivity contribution is 9.10. The predicted octanol–water partition coefficient (Wildman–Crippen LogP) is 3.06. The number of halogens is 1. The van der Waals surface area contributed by atoms with Crippen LogP contribution in [0.25, 0.3) is 5.69 Å². The molecule has 8 nitrogen and oxygen atoms in total. The number of nitrogens with zero attached hydrogens (tertiary/aromatic N) is 4. The summed E-state index contributed by atoms with van der Waals surface area (Å²) in [5, 5.41) is 7.05. The van der Waals surface area contributed by atoms with Gasteiger partial charge >= 0.3 is 6.03 Å². The molecule has 1 unspecified atom stereocenters. The number of rotatable bonds is 6. The van der Waals surface area contributed by atoms with Gasteiger partial charge in [0.15, 0.2) is 0 Å². The van der Waals surface area contributed by atoms with Crippen LogP contribution >= 0.6 is 15.9 Å². The van der Waals surface area contributed by atoms with E-state index in [0.29, 0.717) is 12.1 Å². The summed E-state index contributed by atoms with van der Waals surface area (Å²) in [7, 11) is 1.63. The standard InChI is InChI=1S/C23H22BrN5O3/c1-23(17-7-6-8-18(24)11-17)21(31)28(22(32)26-23)15-20(30)27(2)13-16-12-25-29(14-16)19-9-4-3-5-10-19/h3-12,14H,13,15H2,1-2H3,(H,26,32). The largest absolute Gasteiger partial charge is 0.340 e. The van der Waals surface area contributed by atoms with E-state index < -0.39 is 17.5 Å². The van der Waals surface area contributed by atoms with Gasteiger partial charge in [0.05, 0.1) is 11.9 Å². The second-order valence-electron chi connectivity index (χ2n) is 7.84. The molecule has 164 valence electrons. The first-order valence-electron chi connectivity index (χ1n) is 10.0. The first kappa shape index (κ1) is 21.8. The van der Waals surface area contributed by atoms with Crippen LogP contribution in [0, 0.1) is 0 Å². The summed E-state index contributed by atoms with van der Waals surface area (Å²) >= 11 is 3.39. The number of hydrogen-bond donors (Lipinski definition) is 1. The Labute approximate surface area is 193 Å². The molecular weight excluding hydrogens is 474 g/mol. The number of likely N-dealkylation sites (N-methyl/N-ethyl adjacent to an activating group) is 1. The molecule has 3 aromatic rings. The molecule has 2 heterocycles. The zero-order chi connectivity index (χ0) is 22.9. The van der Waals surface area contributed by atoms with Crippen LogP contribution in [0.1, 0.15) is 18.1 Å². The Hall–Kier alpha value is -3.46. The second-order valence-corrected chi connectivity index (χ2v) is 8.75. The monoisotopic (exact) mass is 495 g/mol. The summed E-state index contributed by atoms with van der Waals surface area (Å²) in [6.45, 7) is 1.61. The number of amides is 4. The zero-order valence-electron chi connectivity index (χ0n) is 17.7. The maximum atomic E-state index is 13.1. The van der Waals surface area contributed by atoms with Crippen molar-refractivity contribution in [1.29, 1.82) is 0 Å². The molecule has 1 atom stereocenters. The Balaban J connectivity index is 1.43. The summed E-state index contributed by atoms with van der Waals surface area (Å²) in [6.07, 6.45) is 3.53. The van der Waals surface area contributed by atoms with Crippen LogP contribution in [-0.4, -0.2) is 51.0 Å². The molecule has 4 amide bonds. The molecule has 0 spiro atoms. The van der Waals surface area contributed by atoms with Gasteiger partial charge in [-0.2, -0.15) is 5.10 Å². The van der Waals surface area contributed by atoms with E-state index in [9.17, 15) is 14.4 Å². The minimum Gasteiger partial charge on any atom is -0.340 e. The Kier molecular flexibility index (Phi) is 5.84. The lowest BCUT2D eigenvalue weighted by Crippen LogP contribution is -2.43. The van der Waals surface area contributed by atoms with Crippen molar-refractivity contribution in [3.8, 4) is 5.69 Å². The van der Waals surface area contributed by atoms with Crippen molar-refractivity contribution in [3.05, 3.63) is 82.6 Å². The van der Waals surface area contributed by atoms with Crippen molar-refractivity contribution in [2.45, 2.75) is 19.0 Å². The van der Waals surface area contributed by atoms with Crippen LogP contribution in [-0.2, 0) is 21.7 Å². The number of imide groups is 1. The lowest BCUT2D eigenvalue weighted by molar-refractivity contribution is -0.138. The average Bonchev–Trinajstić information content (AvgIpc) is 3.33. The molecule has 0 aliphatic carbocycles. The Morgan fingerprint density at radius 1 is 1.16 bits per heavy atom. The van der Waals surface area contributed by atoms with Crippen molar-refractivity contribution in [2.75, 3.05) is 13.6 Å². The third kappa shape index (κ3) is 4.16. The van der Waals surface area contributed by atoms with Crippen LogP contribution in [0.15, 0.2) is 71.5 Å². The van der Waals surface area contributed by atoms with Crippen molar-refractivity contribution in [1.82, 2.24) is 24.9 Å². The highest BCUT2D eigenvalue weighted by Crippen LogP contribution is 2.30. The van der Waals surface area contributed by atoms with Gasteiger partial charge in [0.1, 0.15) is 12.1 Å². The van der Waals surface area contributed by atoms with E-state index in [1.54, 1.807) is 43.0 Å². The summed E-state index contributed by atoms with van der Waals surface area (Å²) in [4.78, 5) is 40.8. The molecule has 1 N–H and O–H groups in total. The van der Waals surface area contributed by atoms with Crippen molar-refractivity contribution < 1.29 is 14.4 Å². The van der Waals surface area contributed by atoms with Gasteiger partial charge in [-0.3, -0.25) is 14.5 Å². The normalized spacial score (nSPS) is 18.0. The molecule has 0 bridgehead atoms. The van der Waals surface area contributed by atoms with Gasteiger partial charge in [0.2, 0.25) is 5.91 Å². The van der Waals surface area contributed by atoms with E-state index in [1.165, 1.54) is 4.90 Å². The van der Waals surface area contributed by atoms with Gasteiger partial charge in [-0.1, -0.05) is 46.3 Å². The molecule has 4 rings (SSSR count). The summed E-state index contributed by atoms with van der Waals surface area (Å²) in [6, 6.07) is 16.2. The molecule has 32 heavy (non-hydrogen) atoms. The van der Waals surface area contributed by atoms with E-state index in [4.69, 9.17) is 0 Å². The summed E-state index contributed by atoms with van der Waals surface area (Å²) < 4.78 is 2.53. The Bertz CT molecular complexity index is 1180. The van der Waals surface area contributed by atoms with Crippen LogP contribution < -0.4 is 5.32 Å². The minimum atomic E-state index is -1.23. The lowest BCUT2D eigenvalue weighted by Gasteiger charge is -2.23. The van der Waals surface area contributed by atoms with Crippen LogP contribution in [0.5, 0.6) is 0 Å². The van der Waals surface area contributed by atoms with Crippen molar-refractivity contribution >= 4 is 33.8 Å². The third-order valence-corrected chi connectivity index (χ3v) is 5.97. The fraction of sp³-hybridized carbons (Fsp3) is 0.217. The molecule has 0 saturated carbocycles. The SMILES string of the molecule is CN(Cc1cnn(-c2ccccc2)c1)C(=O)CN1C(=O)NC(C)(c2cccc(Br)c2)C1=O. The summed E-state index contributed by atoms with van der Waals surface area (Å²) in [5.74, 6) is -0.807. The fourth-order valence-corrected chi connectivity index (χ4v) is 4.02. The maximum Gasteiger partial charge on any atom is 0.325 e. The van der Waals surface area contributed by atoms with E-state index in [1.807, 2.05) is 42.6 Å². The quantitative estimate of drug-likeness (QED) is 0.532. The number of para-hydroxylation sites is 1. The van der Waals surface area contributed by atoms with Crippen LogP contribution in [0.2, 0.25) is 0 Å². The van der Waals surface area contributed by atoms with Crippen molar-refractivity contribution in [2.24, 2.45) is 0 Å². The lowest BCUT2D eigenvalue weighted by atomic mass is 9.92. The second kappa shape index (κ2) is 8.58. The van der Waals surface area contributed by atoms with Gasteiger partial charge in [0, 0.05) is 29.8 Å². The zero-order valence-corrected chi connectivity index (χ0v) is 19.2. The van der Waals surface area contributed by atoms with Crippen LogP contribution in [0.4, 0.5) is 4.79 Å². The predicted molar refractivity (Wildman–Crippen MR) is 122 cm³/mol. The Morgan fingerprint density at radius 3 is 2.62 bits per heavy atom. The minimum absolute atomic E-state index is 0.304. The highest BCUT2D eigenvalue weighted by Gasteiger charge is 2.49. The molecule has 0 radical (unpaired) electrons. The Morgan fingerprint density at radius 2 is 1.91 bits per heavy atom. The molecule has 1 saturated heterocycles. The number of carbonyl (C=O) groups excluding carboxylic acids is 3. The number of nitrogens with one attached hydrogen (secondary N) is 1. The molecule has 1 fully saturated rings. The molecule has 1 aliphatic rings. The molecule has 9 heteroatoms. The molecule has 2 aromatic carbocycles. The number of carbonyl (C=O) groups is 3. The number of hydrogen-bond acceptors (Lipinski definition) is 4. The molecule has 1 aromatic heterocycles. The maximum absolute atomic E-state index is 13.1. The van der Waals surface area contributed by atoms with E-state index in [-0.39, 0.29) is 12.5 Å². The number of benzene rings is 2. The number of aromatic nitrogens is 2. The van der Waals surface area contributed by atoms with E-state index in [0.717, 1.165) is 20.6 Å². The molecular formula is C23H22BrN5O3. The van der Waals surface area contributed by atoms with Gasteiger partial charge in [0.25, 0.3) is 5.91 Å². The third-order valence-electron chi connectivity index (χ3n) is 5.47. The van der Waals surface area contributed by atoms with E-state index in [2.05, 4.69) is 26.3 Å². The van der Waals surface area contributed by atoms with Gasteiger partial charge in [-0.25, -0.2) is 9.48 Å². The highest BCUT2D eigenvalue weighted by atomic mass is 79.9. The van der Waals surface area contributed by atoms with Gasteiger partial charge in [-0.05, 0) is 36.8 Å².